The van der Waals surface area contributed by atoms with Gasteiger partial charge in [-0.1, -0.05) is 30.3 Å². The van der Waals surface area contributed by atoms with Crippen LogP contribution in [-0.2, 0) is 19.5 Å². The van der Waals surface area contributed by atoms with Gasteiger partial charge >= 0.3 is 0 Å². The largest absolute Gasteiger partial charge is 0.409 e. The topological polar surface area (TPSA) is 70.6 Å². The highest BCUT2D eigenvalue weighted by Gasteiger charge is 2.02. The maximum absolute atomic E-state index is 8.68. The van der Waals surface area contributed by atoms with Gasteiger partial charge in [0, 0.05) is 28.4 Å². The third-order valence-corrected chi connectivity index (χ3v) is 4.25. The van der Waals surface area contributed by atoms with Gasteiger partial charge in [0.15, 0.2) is 5.84 Å². The Morgan fingerprint density at radius 3 is 2.75 bits per heavy atom. The van der Waals surface area contributed by atoms with Gasteiger partial charge in [-0.05, 0) is 30.2 Å². The molecule has 2 rings (SSSR count). The number of nitrogens with one attached hydrogen (secondary N) is 1. The molecule has 2 aromatic rings. The molecule has 5 heteroatoms. The number of hydrogen-bond donors (Lipinski definition) is 3. The lowest BCUT2D eigenvalue weighted by atomic mass is 10.1. The van der Waals surface area contributed by atoms with Gasteiger partial charge in [-0.3, -0.25) is 0 Å². The SMILES string of the molecule is CCc1ccc(CNCc2cccc(/C(N)=N/O)c2)s1. The molecule has 1 aromatic heterocycles. The maximum Gasteiger partial charge on any atom is 0.170 e. The smallest absolute Gasteiger partial charge is 0.170 e. The highest BCUT2D eigenvalue weighted by molar-refractivity contribution is 7.11. The lowest BCUT2D eigenvalue weighted by molar-refractivity contribution is 0.318. The van der Waals surface area contributed by atoms with Crippen molar-refractivity contribution in [3.8, 4) is 0 Å². The molecule has 0 spiro atoms. The number of benzene rings is 1. The quantitative estimate of drug-likeness (QED) is 0.331. The second-order valence-corrected chi connectivity index (χ2v) is 5.76. The van der Waals surface area contributed by atoms with Crippen molar-refractivity contribution in [3.63, 3.8) is 0 Å². The zero-order valence-electron chi connectivity index (χ0n) is 11.5. The first-order chi connectivity index (χ1) is 9.72. The van der Waals surface area contributed by atoms with Crippen LogP contribution in [0.1, 0.15) is 27.8 Å². The second kappa shape index (κ2) is 7.07. The van der Waals surface area contributed by atoms with E-state index in [1.54, 1.807) is 0 Å². The number of nitrogens with two attached hydrogens (primary N) is 1. The van der Waals surface area contributed by atoms with Crippen molar-refractivity contribution in [2.24, 2.45) is 10.9 Å². The van der Waals surface area contributed by atoms with Crippen LogP contribution in [0.15, 0.2) is 41.6 Å². The van der Waals surface area contributed by atoms with Gasteiger partial charge in [-0.2, -0.15) is 0 Å². The van der Waals surface area contributed by atoms with Crippen LogP contribution in [0.2, 0.25) is 0 Å². The molecule has 0 fully saturated rings. The Bertz CT molecular complexity index is 592. The molecule has 1 heterocycles. The Labute approximate surface area is 122 Å². The standard InChI is InChI=1S/C15H19N3OS/c1-2-13-6-7-14(20-13)10-17-9-11-4-3-5-12(8-11)15(16)18-19/h3-8,17,19H,2,9-10H2,1H3,(H2,16,18). The van der Waals surface area contributed by atoms with Crippen molar-refractivity contribution in [2.75, 3.05) is 0 Å². The number of oxime groups is 1. The van der Waals surface area contributed by atoms with Gasteiger partial charge in [0.25, 0.3) is 0 Å². The minimum Gasteiger partial charge on any atom is -0.409 e. The summed E-state index contributed by atoms with van der Waals surface area (Å²) in [5.41, 5.74) is 7.43. The van der Waals surface area contributed by atoms with E-state index in [0.29, 0.717) is 0 Å². The van der Waals surface area contributed by atoms with Crippen molar-refractivity contribution in [1.82, 2.24) is 5.32 Å². The molecular formula is C15H19N3OS. The number of nitrogens with zero attached hydrogens (tertiary/aromatic N) is 1. The molecule has 0 saturated heterocycles. The molecule has 0 aliphatic heterocycles. The van der Waals surface area contributed by atoms with Crippen LogP contribution in [0.3, 0.4) is 0 Å². The Morgan fingerprint density at radius 2 is 2.05 bits per heavy atom. The first-order valence-electron chi connectivity index (χ1n) is 6.58. The molecule has 0 atom stereocenters. The third-order valence-electron chi connectivity index (χ3n) is 3.02. The highest BCUT2D eigenvalue weighted by atomic mass is 32.1. The zero-order valence-corrected chi connectivity index (χ0v) is 12.3. The summed E-state index contributed by atoms with van der Waals surface area (Å²) in [6, 6.07) is 12.0. The van der Waals surface area contributed by atoms with Gasteiger partial charge in [-0.25, -0.2) is 0 Å². The minimum atomic E-state index is 0.137. The van der Waals surface area contributed by atoms with E-state index < -0.39 is 0 Å². The molecule has 1 aromatic carbocycles. The van der Waals surface area contributed by atoms with Crippen LogP contribution in [-0.4, -0.2) is 11.0 Å². The number of aryl methyl sites for hydroxylation is 1. The maximum atomic E-state index is 8.68. The molecule has 0 unspecified atom stereocenters. The number of rotatable bonds is 6. The molecular weight excluding hydrogens is 270 g/mol. The zero-order chi connectivity index (χ0) is 14.4. The van der Waals surface area contributed by atoms with E-state index in [4.69, 9.17) is 10.9 Å². The van der Waals surface area contributed by atoms with E-state index in [1.165, 1.54) is 9.75 Å². The molecule has 0 aliphatic rings. The summed E-state index contributed by atoms with van der Waals surface area (Å²) in [5.74, 6) is 0.137. The lowest BCUT2D eigenvalue weighted by Gasteiger charge is -2.05. The summed E-state index contributed by atoms with van der Waals surface area (Å²) in [6.07, 6.45) is 1.09. The van der Waals surface area contributed by atoms with Crippen molar-refractivity contribution in [3.05, 3.63) is 57.3 Å². The van der Waals surface area contributed by atoms with E-state index in [1.807, 2.05) is 35.6 Å². The van der Waals surface area contributed by atoms with Crippen molar-refractivity contribution in [1.29, 1.82) is 0 Å². The Kier molecular flexibility index (Phi) is 5.15. The fourth-order valence-corrected chi connectivity index (χ4v) is 2.86. The first kappa shape index (κ1) is 14.6. The molecule has 4 N–H and O–H groups in total. The number of hydrogen-bond acceptors (Lipinski definition) is 4. The first-order valence-corrected chi connectivity index (χ1v) is 7.39. The molecule has 106 valence electrons. The lowest BCUT2D eigenvalue weighted by Crippen LogP contribution is -2.15. The average Bonchev–Trinajstić information content (AvgIpc) is 2.95. The number of amidine groups is 1. The summed E-state index contributed by atoms with van der Waals surface area (Å²) in [4.78, 5) is 2.75. The molecule has 4 nitrogen and oxygen atoms in total. The monoisotopic (exact) mass is 289 g/mol. The van der Waals surface area contributed by atoms with Crippen molar-refractivity contribution >= 4 is 17.2 Å². The van der Waals surface area contributed by atoms with Crippen LogP contribution in [0.4, 0.5) is 0 Å². The molecule has 0 radical (unpaired) electrons. The third kappa shape index (κ3) is 3.82. The van der Waals surface area contributed by atoms with Crippen LogP contribution in [0, 0.1) is 0 Å². The summed E-state index contributed by atoms with van der Waals surface area (Å²) >= 11 is 1.85. The molecule has 0 saturated carbocycles. The van der Waals surface area contributed by atoms with Crippen molar-refractivity contribution in [2.45, 2.75) is 26.4 Å². The summed E-state index contributed by atoms with van der Waals surface area (Å²) < 4.78 is 0. The average molecular weight is 289 g/mol. The van der Waals surface area contributed by atoms with E-state index >= 15 is 0 Å². The van der Waals surface area contributed by atoms with Gasteiger partial charge in [0.1, 0.15) is 0 Å². The van der Waals surface area contributed by atoms with Gasteiger partial charge in [-0.15, -0.1) is 11.3 Å². The Morgan fingerprint density at radius 1 is 1.25 bits per heavy atom. The molecule has 0 bridgehead atoms. The van der Waals surface area contributed by atoms with E-state index in [9.17, 15) is 0 Å². The Balaban J connectivity index is 1.90. The second-order valence-electron chi connectivity index (χ2n) is 4.51. The fourth-order valence-electron chi connectivity index (χ4n) is 1.94. The number of thiophene rings is 1. The Hall–Kier alpha value is -1.85. The van der Waals surface area contributed by atoms with E-state index in [-0.39, 0.29) is 5.84 Å². The molecule has 20 heavy (non-hydrogen) atoms. The van der Waals surface area contributed by atoms with Gasteiger partial charge in [0.05, 0.1) is 0 Å². The normalized spacial score (nSPS) is 11.8. The van der Waals surface area contributed by atoms with Gasteiger partial charge < -0.3 is 16.3 Å². The minimum absolute atomic E-state index is 0.137. The summed E-state index contributed by atoms with van der Waals surface area (Å²) in [5, 5.41) is 15.1. The van der Waals surface area contributed by atoms with E-state index in [2.05, 4.69) is 29.5 Å². The van der Waals surface area contributed by atoms with Crippen molar-refractivity contribution < 1.29 is 5.21 Å². The van der Waals surface area contributed by atoms with E-state index in [0.717, 1.165) is 30.6 Å². The predicted molar refractivity (Wildman–Crippen MR) is 83.2 cm³/mol. The van der Waals surface area contributed by atoms with Crippen LogP contribution >= 0.6 is 11.3 Å². The summed E-state index contributed by atoms with van der Waals surface area (Å²) in [6.45, 7) is 3.78. The predicted octanol–water partition coefficient (Wildman–Crippen LogP) is 2.69. The molecule has 0 amide bonds. The highest BCUT2D eigenvalue weighted by Crippen LogP contribution is 2.16. The van der Waals surface area contributed by atoms with Gasteiger partial charge in [0.2, 0.25) is 0 Å². The van der Waals surface area contributed by atoms with Crippen LogP contribution < -0.4 is 11.1 Å². The molecule has 0 aliphatic carbocycles. The summed E-state index contributed by atoms with van der Waals surface area (Å²) in [7, 11) is 0. The van der Waals surface area contributed by atoms with Crippen LogP contribution in [0.5, 0.6) is 0 Å². The fraction of sp³-hybridized carbons (Fsp3) is 0.267. The van der Waals surface area contributed by atoms with Crippen LogP contribution in [0.25, 0.3) is 0 Å².